The second kappa shape index (κ2) is 7.55. The van der Waals surface area contributed by atoms with Gasteiger partial charge in [0.15, 0.2) is 0 Å². The quantitative estimate of drug-likeness (QED) is 0.723. The Kier molecular flexibility index (Phi) is 5.23. The number of halogens is 1. The molecule has 0 aliphatic carbocycles. The minimum Gasteiger partial charge on any atom is -0.336 e. The smallest absolute Gasteiger partial charge is 0.245 e. The molecule has 0 spiro atoms. The number of nitrogens with one attached hydrogen (secondary N) is 3. The molecule has 1 fully saturated rings. The van der Waals surface area contributed by atoms with Gasteiger partial charge in [-0.3, -0.25) is 4.79 Å². The first-order valence-corrected chi connectivity index (χ1v) is 8.30. The number of hydrazine groups is 1. The maximum Gasteiger partial charge on any atom is 0.245 e. The van der Waals surface area contributed by atoms with Crippen molar-refractivity contribution in [3.05, 3.63) is 76.3 Å². The van der Waals surface area contributed by atoms with Gasteiger partial charge in [0.05, 0.1) is 6.17 Å². The van der Waals surface area contributed by atoms with Crippen molar-refractivity contribution in [3.8, 4) is 0 Å². The monoisotopic (exact) mass is 371 g/mol. The summed E-state index contributed by atoms with van der Waals surface area (Å²) in [6, 6.07) is 18.1. The van der Waals surface area contributed by atoms with Gasteiger partial charge in [0.25, 0.3) is 0 Å². The second-order valence-corrected chi connectivity index (χ2v) is 6.35. The second-order valence-electron chi connectivity index (χ2n) is 5.43. The van der Waals surface area contributed by atoms with Crippen molar-refractivity contribution in [3.63, 3.8) is 0 Å². The van der Waals surface area contributed by atoms with Crippen LogP contribution in [0.2, 0.25) is 0 Å². The Labute approximate surface area is 144 Å². The van der Waals surface area contributed by atoms with Crippen LogP contribution in [0.3, 0.4) is 0 Å². The predicted octanol–water partition coefficient (Wildman–Crippen LogP) is 3.14. The maximum atomic E-state index is 12.0. The van der Waals surface area contributed by atoms with E-state index in [-0.39, 0.29) is 18.1 Å². The van der Waals surface area contributed by atoms with Crippen LogP contribution in [0.15, 0.2) is 65.1 Å². The highest BCUT2D eigenvalue weighted by Gasteiger charge is 2.25. The lowest BCUT2D eigenvalue weighted by Gasteiger charge is -2.10. The summed E-state index contributed by atoms with van der Waals surface area (Å²) in [7, 11) is 0. The summed E-state index contributed by atoms with van der Waals surface area (Å²) >= 11 is 3.43. The van der Waals surface area contributed by atoms with Gasteiger partial charge in [0.2, 0.25) is 5.91 Å². The molecule has 1 saturated heterocycles. The summed E-state index contributed by atoms with van der Waals surface area (Å²) in [6.07, 6.45) is 4.08. The Morgan fingerprint density at radius 1 is 1.09 bits per heavy atom. The van der Waals surface area contributed by atoms with E-state index in [9.17, 15) is 4.79 Å². The molecule has 5 heteroatoms. The largest absolute Gasteiger partial charge is 0.336 e. The van der Waals surface area contributed by atoms with E-state index in [0.717, 1.165) is 16.5 Å². The molecule has 0 bridgehead atoms. The van der Waals surface area contributed by atoms with Gasteiger partial charge in [0.1, 0.15) is 0 Å². The number of hydrogen-bond donors (Lipinski definition) is 3. The molecule has 118 valence electrons. The van der Waals surface area contributed by atoms with E-state index in [0.29, 0.717) is 0 Å². The number of hydrogen-bond acceptors (Lipinski definition) is 3. The number of carbonyl (C=O) groups excluding carboxylic acids is 1. The minimum absolute atomic E-state index is 0.0865. The van der Waals surface area contributed by atoms with Gasteiger partial charge in [0, 0.05) is 23.0 Å². The predicted molar refractivity (Wildman–Crippen MR) is 95.2 cm³/mol. The number of amides is 1. The zero-order valence-corrected chi connectivity index (χ0v) is 14.1. The summed E-state index contributed by atoms with van der Waals surface area (Å²) < 4.78 is 1.06. The van der Waals surface area contributed by atoms with Gasteiger partial charge < -0.3 is 5.32 Å². The van der Waals surface area contributed by atoms with Crippen LogP contribution in [-0.4, -0.2) is 12.1 Å². The molecule has 4 nitrogen and oxygen atoms in total. The zero-order chi connectivity index (χ0) is 16.1. The molecule has 0 aromatic heterocycles. The Morgan fingerprint density at radius 3 is 2.57 bits per heavy atom. The molecular weight excluding hydrogens is 354 g/mol. The highest BCUT2D eigenvalue weighted by Crippen LogP contribution is 2.22. The van der Waals surface area contributed by atoms with E-state index in [2.05, 4.69) is 44.2 Å². The fourth-order valence-corrected chi connectivity index (χ4v) is 2.78. The van der Waals surface area contributed by atoms with E-state index < -0.39 is 0 Å². The first-order chi connectivity index (χ1) is 11.2. The maximum absolute atomic E-state index is 12.0. The van der Waals surface area contributed by atoms with Crippen LogP contribution in [0.4, 0.5) is 0 Å². The molecule has 2 aromatic rings. The highest BCUT2D eigenvalue weighted by molar-refractivity contribution is 9.10. The van der Waals surface area contributed by atoms with Crippen molar-refractivity contribution < 1.29 is 4.79 Å². The minimum atomic E-state index is -0.107. The van der Waals surface area contributed by atoms with Gasteiger partial charge in [-0.05, 0) is 29.3 Å². The molecule has 23 heavy (non-hydrogen) atoms. The summed E-state index contributed by atoms with van der Waals surface area (Å²) in [5, 5.41) is 2.95. The number of carbonyl (C=O) groups is 1. The van der Waals surface area contributed by atoms with Crippen LogP contribution in [0.1, 0.15) is 23.6 Å². The van der Waals surface area contributed by atoms with Crippen molar-refractivity contribution >= 4 is 27.9 Å². The summed E-state index contributed by atoms with van der Waals surface area (Å²) in [4.78, 5) is 12.0. The molecule has 2 atom stereocenters. The summed E-state index contributed by atoms with van der Waals surface area (Å²) in [5.41, 5.74) is 8.54. The van der Waals surface area contributed by atoms with Crippen LogP contribution >= 0.6 is 15.9 Å². The topological polar surface area (TPSA) is 53.2 Å². The third-order valence-corrected chi connectivity index (χ3v) is 4.25. The third kappa shape index (κ3) is 4.51. The first kappa shape index (κ1) is 15.9. The molecule has 1 aliphatic heterocycles. The first-order valence-electron chi connectivity index (χ1n) is 7.51. The standard InChI is InChI=1S/C18H18BrN3O/c19-15-9-7-14(8-10-15)16-12-17(22-21-16)20-18(23)11-6-13-4-2-1-3-5-13/h1-11,16-17,21-22H,12H2,(H,20,23)/b11-6+. The average molecular weight is 372 g/mol. The molecule has 1 amide bonds. The van der Waals surface area contributed by atoms with E-state index in [1.807, 2.05) is 48.5 Å². The van der Waals surface area contributed by atoms with Crippen molar-refractivity contribution in [2.45, 2.75) is 18.6 Å². The fourth-order valence-electron chi connectivity index (χ4n) is 2.52. The lowest BCUT2D eigenvalue weighted by molar-refractivity contribution is -0.117. The van der Waals surface area contributed by atoms with Gasteiger partial charge >= 0.3 is 0 Å². The number of benzene rings is 2. The van der Waals surface area contributed by atoms with Gasteiger partial charge in [-0.2, -0.15) is 0 Å². The SMILES string of the molecule is O=C(/C=C/c1ccccc1)NC1CC(c2ccc(Br)cc2)NN1. The molecule has 1 heterocycles. The normalized spacial score (nSPS) is 20.7. The fraction of sp³-hybridized carbons (Fsp3) is 0.167. The van der Waals surface area contributed by atoms with Crippen molar-refractivity contribution in [1.29, 1.82) is 0 Å². The molecule has 0 radical (unpaired) electrons. The van der Waals surface area contributed by atoms with Crippen molar-refractivity contribution in [2.75, 3.05) is 0 Å². The molecule has 3 rings (SSSR count). The van der Waals surface area contributed by atoms with Crippen LogP contribution in [0.5, 0.6) is 0 Å². The lowest BCUT2D eigenvalue weighted by atomic mass is 10.0. The van der Waals surface area contributed by atoms with E-state index in [1.54, 1.807) is 6.08 Å². The highest BCUT2D eigenvalue weighted by atomic mass is 79.9. The van der Waals surface area contributed by atoms with Crippen molar-refractivity contribution in [1.82, 2.24) is 16.2 Å². The van der Waals surface area contributed by atoms with Crippen LogP contribution in [-0.2, 0) is 4.79 Å². The Hall–Kier alpha value is -1.95. The van der Waals surface area contributed by atoms with E-state index in [4.69, 9.17) is 0 Å². The summed E-state index contributed by atoms with van der Waals surface area (Å²) in [5.74, 6) is -0.107. The third-order valence-electron chi connectivity index (χ3n) is 3.72. The molecule has 1 aliphatic rings. The Balaban J connectivity index is 1.52. The number of rotatable bonds is 4. The average Bonchev–Trinajstić information content (AvgIpc) is 3.03. The van der Waals surface area contributed by atoms with E-state index >= 15 is 0 Å². The Bertz CT molecular complexity index is 685. The zero-order valence-electron chi connectivity index (χ0n) is 12.5. The van der Waals surface area contributed by atoms with Gasteiger partial charge in [-0.25, -0.2) is 10.9 Å². The van der Waals surface area contributed by atoms with Crippen LogP contribution in [0, 0.1) is 0 Å². The molecule has 2 unspecified atom stereocenters. The molecule has 0 saturated carbocycles. The summed E-state index contributed by atoms with van der Waals surface area (Å²) in [6.45, 7) is 0. The molecular formula is C18H18BrN3O. The van der Waals surface area contributed by atoms with Gasteiger partial charge in [-0.1, -0.05) is 58.4 Å². The van der Waals surface area contributed by atoms with Crippen LogP contribution < -0.4 is 16.2 Å². The van der Waals surface area contributed by atoms with Crippen LogP contribution in [0.25, 0.3) is 6.08 Å². The Morgan fingerprint density at radius 2 is 1.83 bits per heavy atom. The van der Waals surface area contributed by atoms with Crippen molar-refractivity contribution in [2.24, 2.45) is 0 Å². The van der Waals surface area contributed by atoms with E-state index in [1.165, 1.54) is 5.56 Å². The lowest BCUT2D eigenvalue weighted by Crippen LogP contribution is -2.43. The molecule has 2 aromatic carbocycles. The van der Waals surface area contributed by atoms with Gasteiger partial charge in [-0.15, -0.1) is 0 Å². The molecule has 3 N–H and O–H groups in total.